The molecule has 22 nitrogen and oxygen atoms in total. The van der Waals surface area contributed by atoms with Crippen LogP contribution in [0.4, 0.5) is 0 Å². The Labute approximate surface area is 286 Å². The highest BCUT2D eigenvalue weighted by atomic mass is 16.5. The third kappa shape index (κ3) is 7.15. The number of aromatic amines is 2. The summed E-state index contributed by atoms with van der Waals surface area (Å²) in [5.41, 5.74) is 24.2. The first-order valence-corrected chi connectivity index (χ1v) is 15.7. The van der Waals surface area contributed by atoms with E-state index >= 15 is 0 Å². The molecule has 2 aliphatic rings. The fourth-order valence-electron chi connectivity index (χ4n) is 6.05. The lowest BCUT2D eigenvalue weighted by Gasteiger charge is -2.21. The van der Waals surface area contributed by atoms with Crippen molar-refractivity contribution in [3.63, 3.8) is 0 Å². The number of aryl methyl sites for hydroxylation is 2. The van der Waals surface area contributed by atoms with E-state index in [-0.39, 0.29) is 35.2 Å². The summed E-state index contributed by atoms with van der Waals surface area (Å²) in [6.45, 7) is 3.87. The second-order valence-electron chi connectivity index (χ2n) is 11.9. The van der Waals surface area contributed by atoms with Crippen molar-refractivity contribution in [2.45, 2.75) is 69.3 Å². The van der Waals surface area contributed by atoms with Gasteiger partial charge in [-0.25, -0.2) is 19.9 Å². The van der Waals surface area contributed by atoms with Crippen molar-refractivity contribution in [3.8, 4) is 0 Å². The fourth-order valence-corrected chi connectivity index (χ4v) is 6.05. The topological polar surface area (TPSA) is 322 Å². The van der Waals surface area contributed by atoms with Crippen LogP contribution >= 0.6 is 0 Å². The van der Waals surface area contributed by atoms with Crippen LogP contribution < -0.4 is 22.2 Å². The molecule has 0 spiro atoms. The minimum atomic E-state index is -1.04. The van der Waals surface area contributed by atoms with Crippen molar-refractivity contribution < 1.29 is 19.7 Å². The maximum atomic E-state index is 12.1. The van der Waals surface area contributed by atoms with Crippen molar-refractivity contribution in [2.24, 2.45) is 16.0 Å². The first kappa shape index (κ1) is 35.1. The van der Waals surface area contributed by atoms with Gasteiger partial charge >= 0.3 is 0 Å². The number of aliphatic hydroxyl groups is 2. The third-order valence-electron chi connectivity index (χ3n) is 8.49. The van der Waals surface area contributed by atoms with Crippen LogP contribution in [0.5, 0.6) is 0 Å². The molecule has 0 bridgehead atoms. The summed E-state index contributed by atoms with van der Waals surface area (Å²) in [5, 5.41) is 31.5. The minimum Gasteiger partial charge on any atom is -0.387 e. The van der Waals surface area contributed by atoms with E-state index in [1.807, 2.05) is 30.3 Å². The number of ether oxygens (including phenoxy) is 2. The molecule has 0 amide bonds. The quantitative estimate of drug-likeness (QED) is 0.0694. The summed E-state index contributed by atoms with van der Waals surface area (Å²) in [6, 6.07) is 8.51. The van der Waals surface area contributed by atoms with Gasteiger partial charge in [0.05, 0.1) is 50.0 Å². The van der Waals surface area contributed by atoms with Gasteiger partial charge in [-0.05, 0) is 30.5 Å². The highest BCUT2D eigenvalue weighted by Gasteiger charge is 2.45. The van der Waals surface area contributed by atoms with E-state index in [1.165, 1.54) is 21.8 Å². The first-order chi connectivity index (χ1) is 24.6. The summed E-state index contributed by atoms with van der Waals surface area (Å²) in [4.78, 5) is 51.2. The van der Waals surface area contributed by atoms with E-state index < -0.39 is 49.0 Å². The predicted octanol–water partition coefficient (Wildman–Crippen LogP) is 0.479. The number of nitrogens with zero attached hydrogens (tertiary/aromatic N) is 12. The monoisotopic (exact) mass is 702 g/mol. The number of rotatable bonds is 9. The van der Waals surface area contributed by atoms with Crippen LogP contribution in [0.2, 0.25) is 0 Å². The number of aliphatic hydroxyl groups excluding tert-OH is 2. The molecule has 4 aromatic heterocycles. The predicted molar refractivity (Wildman–Crippen MR) is 179 cm³/mol. The number of fused-ring (bicyclic) bond motifs is 2. The van der Waals surface area contributed by atoms with Gasteiger partial charge < -0.3 is 40.7 Å². The van der Waals surface area contributed by atoms with Gasteiger partial charge in [0, 0.05) is 16.4 Å². The zero-order chi connectivity index (χ0) is 36.2. The maximum absolute atomic E-state index is 12.1. The Hall–Kier alpha value is -5.70. The Morgan fingerprint density at radius 2 is 1.37 bits per heavy atom. The number of H-pyrrole nitrogens is 2. The molecule has 2 unspecified atom stereocenters. The van der Waals surface area contributed by atoms with Crippen molar-refractivity contribution in [3.05, 3.63) is 102 Å². The molecule has 6 heterocycles. The lowest BCUT2D eigenvalue weighted by Crippen LogP contribution is -2.45. The Balaban J connectivity index is 0.000000183. The van der Waals surface area contributed by atoms with Crippen LogP contribution in [-0.4, -0.2) is 98.8 Å². The zero-order valence-corrected chi connectivity index (χ0v) is 27.3. The van der Waals surface area contributed by atoms with Gasteiger partial charge in [0.25, 0.3) is 11.1 Å². The zero-order valence-electron chi connectivity index (χ0n) is 27.3. The summed E-state index contributed by atoms with van der Waals surface area (Å²) in [5.74, 6) is 0.850. The van der Waals surface area contributed by atoms with E-state index in [2.05, 4.69) is 55.3 Å². The number of azide groups is 2. The van der Waals surface area contributed by atoms with E-state index in [4.69, 9.17) is 26.3 Å². The van der Waals surface area contributed by atoms with Gasteiger partial charge in [0.1, 0.15) is 23.9 Å². The van der Waals surface area contributed by atoms with E-state index in [1.54, 1.807) is 13.8 Å². The third-order valence-corrected chi connectivity index (χ3v) is 8.49. The minimum absolute atomic E-state index is 0.00486. The molecular formula is C29H34N16O6. The summed E-state index contributed by atoms with van der Waals surface area (Å²) < 4.78 is 14.6. The molecule has 266 valence electrons. The molecule has 2 aliphatic heterocycles. The molecule has 7 N–H and O–H groups in total. The van der Waals surface area contributed by atoms with Crippen LogP contribution in [0, 0.1) is 13.8 Å². The number of benzene rings is 1. The van der Waals surface area contributed by atoms with Gasteiger partial charge in [-0.2, -0.15) is 0 Å². The van der Waals surface area contributed by atoms with Crippen molar-refractivity contribution in [2.75, 3.05) is 13.1 Å². The molecular weight excluding hydrogens is 668 g/mol. The molecule has 1 aromatic carbocycles. The second-order valence-corrected chi connectivity index (χ2v) is 11.9. The Morgan fingerprint density at radius 1 is 0.863 bits per heavy atom. The van der Waals surface area contributed by atoms with Gasteiger partial charge in [-0.3, -0.25) is 18.7 Å². The van der Waals surface area contributed by atoms with E-state index in [0.717, 1.165) is 5.56 Å². The Kier molecular flexibility index (Phi) is 10.4. The van der Waals surface area contributed by atoms with Crippen LogP contribution in [0.15, 0.2) is 62.8 Å². The van der Waals surface area contributed by atoms with Crippen LogP contribution in [-0.2, 0) is 16.0 Å². The smallest absolute Gasteiger partial charge is 0.279 e. The van der Waals surface area contributed by atoms with Gasteiger partial charge in [-0.15, -0.1) is 0 Å². The SMILES string of the molecule is Cc1nc2c(ncn2[C@@H]2O[C@H](CN=[N+]=[N-])C(N)[C@@H]2O)c(=O)[nH]1.Cc1nc2c(ncn2[C@@H]2O[C@H](CN=[N+]=[N-])C(NCc3ccccc3)[C@@H]2O)c(=O)[nH]1. The van der Waals surface area contributed by atoms with Crippen molar-refractivity contribution in [1.29, 1.82) is 0 Å². The van der Waals surface area contributed by atoms with Crippen molar-refractivity contribution in [1.82, 2.24) is 44.4 Å². The Morgan fingerprint density at radius 3 is 1.92 bits per heavy atom. The molecule has 8 atom stereocenters. The molecule has 0 radical (unpaired) electrons. The van der Waals surface area contributed by atoms with Crippen LogP contribution in [0.1, 0.15) is 29.7 Å². The standard InChI is InChI=1S/C18H20N8O3.C11H14N8O3/c1-10-23-16-14(17(28)24-10)21-9-26(16)18-15(27)13(12(29-18)8-22-25-19)20-7-11-5-3-2-4-6-11;1-4-16-9-7(10(21)17-4)14-3-19(9)11-8(20)6(12)5(22-11)2-15-18-13/h2-6,9,12-13,15,18,20,27H,7-8H2,1H3,(H,23,24,28);3,5-6,8,11,20H,2,12H2,1H3,(H,16,17,21)/t12-,13?,15+,18-;5-,6?,8+,11-/m11/s1. The molecule has 0 saturated carbocycles. The van der Waals surface area contributed by atoms with E-state index in [9.17, 15) is 19.8 Å². The normalized spacial score (nSPS) is 25.7. The molecule has 51 heavy (non-hydrogen) atoms. The average Bonchev–Trinajstić information content (AvgIpc) is 3.87. The maximum Gasteiger partial charge on any atom is 0.279 e. The summed E-state index contributed by atoms with van der Waals surface area (Å²) in [7, 11) is 0. The number of hydrogen-bond acceptors (Lipinski definition) is 14. The van der Waals surface area contributed by atoms with Gasteiger partial charge in [0.2, 0.25) is 0 Å². The highest BCUT2D eigenvalue weighted by Crippen LogP contribution is 2.32. The largest absolute Gasteiger partial charge is 0.387 e. The summed E-state index contributed by atoms with van der Waals surface area (Å²) in [6.07, 6.45) is -2.11. The molecule has 2 saturated heterocycles. The average molecular weight is 703 g/mol. The molecule has 7 rings (SSSR count). The summed E-state index contributed by atoms with van der Waals surface area (Å²) >= 11 is 0. The van der Waals surface area contributed by atoms with E-state index in [0.29, 0.717) is 29.5 Å². The Bertz CT molecular complexity index is 2220. The number of imidazole rings is 2. The number of hydrogen-bond donors (Lipinski definition) is 6. The second kappa shape index (κ2) is 15.0. The van der Waals surface area contributed by atoms with Crippen molar-refractivity contribution >= 4 is 22.3 Å². The first-order valence-electron chi connectivity index (χ1n) is 15.7. The number of nitrogens with one attached hydrogen (secondary N) is 3. The van der Waals surface area contributed by atoms with Gasteiger partial charge in [0.15, 0.2) is 34.8 Å². The highest BCUT2D eigenvalue weighted by molar-refractivity contribution is 5.70. The molecule has 5 aromatic rings. The van der Waals surface area contributed by atoms with Crippen LogP contribution in [0.3, 0.4) is 0 Å². The van der Waals surface area contributed by atoms with Crippen LogP contribution in [0.25, 0.3) is 43.2 Å². The lowest BCUT2D eigenvalue weighted by molar-refractivity contribution is -0.0321. The number of aromatic nitrogens is 8. The molecule has 2 fully saturated rings. The number of nitrogens with two attached hydrogens (primary N) is 1. The molecule has 22 heteroatoms. The van der Waals surface area contributed by atoms with Gasteiger partial charge in [-0.1, -0.05) is 40.6 Å². The lowest BCUT2D eigenvalue weighted by atomic mass is 10.1. The molecule has 0 aliphatic carbocycles. The fraction of sp³-hybridized carbons (Fsp3) is 0.448.